The van der Waals surface area contributed by atoms with Gasteiger partial charge in [-0.2, -0.15) is 53.5 Å². The van der Waals surface area contributed by atoms with Gasteiger partial charge in [-0.1, -0.05) is 60.7 Å². The normalized spacial score (nSPS) is 13.1. The first-order chi connectivity index (χ1) is 30.2. The van der Waals surface area contributed by atoms with Crippen LogP contribution >= 0.6 is 0 Å². The van der Waals surface area contributed by atoms with Crippen molar-refractivity contribution in [3.8, 4) is 11.4 Å². The Hall–Kier alpha value is -7.16. The van der Waals surface area contributed by atoms with E-state index in [0.29, 0.717) is 38.6 Å². The van der Waals surface area contributed by atoms with Crippen molar-refractivity contribution in [2.45, 2.75) is 19.6 Å². The fraction of sp³-hybridized carbons (Fsp3) is 0. The monoisotopic (exact) mass is 938 g/mol. The Bertz CT molecular complexity index is 3970. The molecule has 9 rings (SSSR count). The molecule has 0 saturated carbocycles. The molecule has 0 amide bonds. The van der Waals surface area contributed by atoms with Crippen LogP contribution in [-0.4, -0.2) is 81.9 Å². The van der Waals surface area contributed by atoms with E-state index in [1.54, 1.807) is 54.6 Å². The van der Waals surface area contributed by atoms with E-state index >= 15 is 0 Å². The number of hydrogen-bond donors (Lipinski definition) is 4. The molecule has 0 spiro atoms. The zero-order valence-corrected chi connectivity index (χ0v) is 35.2. The fourth-order valence-corrected chi connectivity index (χ4v) is 9.55. The van der Waals surface area contributed by atoms with Crippen LogP contribution in [0.15, 0.2) is 151 Å². The van der Waals surface area contributed by atoms with Crippen LogP contribution in [0.5, 0.6) is 0 Å². The molecule has 0 atom stereocenters. The van der Waals surface area contributed by atoms with Gasteiger partial charge in [-0.25, -0.2) is 0 Å². The third-order valence-corrected chi connectivity index (χ3v) is 13.4. The maximum atomic E-state index is 12.6. The third-order valence-electron chi connectivity index (χ3n) is 9.85. The van der Waals surface area contributed by atoms with Crippen LogP contribution < -0.4 is 0 Å². The summed E-state index contributed by atoms with van der Waals surface area (Å²) in [5.41, 5.74) is 2.05. The molecule has 2 aromatic heterocycles. The van der Waals surface area contributed by atoms with Gasteiger partial charge in [-0.05, 0) is 89.3 Å². The molecule has 64 heavy (non-hydrogen) atoms. The number of hydrogen-bond acceptors (Lipinski definition) is 14. The predicted molar refractivity (Wildman–Crippen MR) is 232 cm³/mol. The summed E-state index contributed by atoms with van der Waals surface area (Å²) in [5, 5.41) is 27.6. The first-order valence-electron chi connectivity index (χ1n) is 18.2. The molecule has 0 radical (unpaired) electrons. The summed E-state index contributed by atoms with van der Waals surface area (Å²) in [4.78, 5) is 0.496. The molecule has 0 unspecified atom stereocenters. The van der Waals surface area contributed by atoms with Gasteiger partial charge in [0.15, 0.2) is 0 Å². The molecular formula is C40H26N8O12S4. The minimum Gasteiger partial charge on any atom is -0.282 e. The van der Waals surface area contributed by atoms with Gasteiger partial charge in [-0.3, -0.25) is 18.2 Å². The maximum absolute atomic E-state index is 12.6. The van der Waals surface area contributed by atoms with E-state index in [2.05, 4.69) is 30.6 Å². The summed E-state index contributed by atoms with van der Waals surface area (Å²) in [6, 6.07) is 28.7. The highest BCUT2D eigenvalue weighted by Gasteiger charge is 2.22. The zero-order valence-electron chi connectivity index (χ0n) is 32.0. The molecular weight excluding hydrogens is 913 g/mol. The second kappa shape index (κ2) is 15.3. The topological polar surface area (TPSA) is 304 Å². The van der Waals surface area contributed by atoms with Crippen molar-refractivity contribution in [3.63, 3.8) is 0 Å². The largest absolute Gasteiger partial charge is 0.295 e. The molecule has 9 aromatic rings. The van der Waals surface area contributed by atoms with Crippen LogP contribution in [0, 0.1) is 0 Å². The summed E-state index contributed by atoms with van der Waals surface area (Å²) in [7, 11) is -18.9. The maximum Gasteiger partial charge on any atom is 0.295 e. The van der Waals surface area contributed by atoms with Gasteiger partial charge in [0.25, 0.3) is 40.5 Å². The Morgan fingerprint density at radius 3 is 1.64 bits per heavy atom. The number of fused-ring (bicyclic) bond motifs is 6. The Morgan fingerprint density at radius 2 is 0.984 bits per heavy atom. The Balaban J connectivity index is 0.977. The highest BCUT2D eigenvalue weighted by atomic mass is 32.2. The molecule has 322 valence electrons. The number of aromatic nitrogens is 6. The van der Waals surface area contributed by atoms with Crippen LogP contribution in [0.2, 0.25) is 0 Å². The van der Waals surface area contributed by atoms with Crippen molar-refractivity contribution in [3.05, 3.63) is 132 Å². The van der Waals surface area contributed by atoms with E-state index in [-0.39, 0.29) is 43.8 Å². The number of azo groups is 1. The van der Waals surface area contributed by atoms with Crippen molar-refractivity contribution >= 4 is 108 Å². The minimum atomic E-state index is -4.94. The smallest absolute Gasteiger partial charge is 0.282 e. The molecule has 7 aromatic carbocycles. The van der Waals surface area contributed by atoms with Gasteiger partial charge >= 0.3 is 0 Å². The Labute approximate surface area is 361 Å². The average Bonchev–Trinajstić information content (AvgIpc) is 3.89. The zero-order chi connectivity index (χ0) is 45.3. The first kappa shape index (κ1) is 42.2. The summed E-state index contributed by atoms with van der Waals surface area (Å²) in [6.45, 7) is 0. The summed E-state index contributed by atoms with van der Waals surface area (Å²) < 4.78 is 137. The molecule has 24 heteroatoms. The van der Waals surface area contributed by atoms with Crippen LogP contribution in [-0.2, 0) is 40.5 Å². The SMILES string of the molecule is O=S(=O)(O)c1ccc2c(ccc3nn(-c4ccc(N=Nc5ccc(/C=C\c6ccc(-n7nc8cc(S(=O)(=O)O)c9ccccc9c8n7)cc6S(=O)(=O)O)c(S(=O)(=O)O)c5)cc4)nc32)c1. The van der Waals surface area contributed by atoms with E-state index in [4.69, 9.17) is 0 Å². The van der Waals surface area contributed by atoms with Crippen molar-refractivity contribution in [1.29, 1.82) is 0 Å². The standard InChI is InChI=1S/C40H26N8O12S4/c49-61(50,51)30-16-17-31-25(19-30)9-18-34-39(31)45-47(43-34)28-14-11-26(12-15-28)41-42-27-10-7-23(36(20-27)62(52,53)54)5-6-24-8-13-29(21-37(24)63(55,56)57)48-44-35-22-38(64(58,59)60)32-3-1-2-4-33(32)40(35)46-48/h1-22H,(H,49,50,51)(H,52,53,54)(H,55,56,57)(H,58,59,60)/b6-5-,42-41?. The molecule has 0 aliphatic rings. The van der Waals surface area contributed by atoms with Crippen LogP contribution in [0.4, 0.5) is 11.4 Å². The highest BCUT2D eigenvalue weighted by Crippen LogP contribution is 2.32. The van der Waals surface area contributed by atoms with Gasteiger partial charge < -0.3 is 0 Å². The number of benzene rings is 7. The van der Waals surface area contributed by atoms with Gasteiger partial charge in [0, 0.05) is 16.2 Å². The van der Waals surface area contributed by atoms with E-state index in [9.17, 15) is 51.9 Å². The predicted octanol–water partition coefficient (Wildman–Crippen LogP) is 7.03. The quantitative estimate of drug-likeness (QED) is 0.0607. The second-order valence-electron chi connectivity index (χ2n) is 14.0. The molecule has 2 heterocycles. The van der Waals surface area contributed by atoms with Crippen molar-refractivity contribution < 1.29 is 51.9 Å². The molecule has 0 bridgehead atoms. The molecule has 0 aliphatic heterocycles. The molecule has 0 saturated heterocycles. The summed E-state index contributed by atoms with van der Waals surface area (Å²) >= 11 is 0. The lowest BCUT2D eigenvalue weighted by Gasteiger charge is -2.07. The van der Waals surface area contributed by atoms with Gasteiger partial charge in [0.05, 0.1) is 27.6 Å². The van der Waals surface area contributed by atoms with Crippen LogP contribution in [0.1, 0.15) is 11.1 Å². The lowest BCUT2D eigenvalue weighted by Crippen LogP contribution is -2.05. The number of nitrogens with zero attached hydrogens (tertiary/aromatic N) is 8. The van der Waals surface area contributed by atoms with E-state index in [1.165, 1.54) is 65.5 Å². The van der Waals surface area contributed by atoms with Crippen molar-refractivity contribution in [2.24, 2.45) is 10.2 Å². The van der Waals surface area contributed by atoms with Gasteiger partial charge in [-0.15, -0.1) is 20.4 Å². The first-order valence-corrected chi connectivity index (χ1v) is 23.9. The Kier molecular flexibility index (Phi) is 10.1. The lowest BCUT2D eigenvalue weighted by atomic mass is 10.1. The third kappa shape index (κ3) is 8.13. The molecule has 0 aliphatic carbocycles. The summed E-state index contributed by atoms with van der Waals surface area (Å²) in [5.74, 6) is 0. The second-order valence-corrected chi connectivity index (χ2v) is 19.6. The van der Waals surface area contributed by atoms with Crippen molar-refractivity contribution in [2.75, 3.05) is 0 Å². The van der Waals surface area contributed by atoms with E-state index in [0.717, 1.165) is 23.0 Å². The average molecular weight is 939 g/mol. The van der Waals surface area contributed by atoms with E-state index < -0.39 is 55.2 Å². The molecule has 0 fully saturated rings. The van der Waals surface area contributed by atoms with Gasteiger partial charge in [0.1, 0.15) is 36.8 Å². The van der Waals surface area contributed by atoms with Crippen molar-refractivity contribution in [1.82, 2.24) is 30.0 Å². The van der Waals surface area contributed by atoms with Crippen LogP contribution in [0.3, 0.4) is 0 Å². The van der Waals surface area contributed by atoms with Crippen LogP contribution in [0.25, 0.3) is 67.1 Å². The van der Waals surface area contributed by atoms with Gasteiger partial charge in [0.2, 0.25) is 0 Å². The lowest BCUT2D eigenvalue weighted by molar-refractivity contribution is 0.480. The number of rotatable bonds is 10. The highest BCUT2D eigenvalue weighted by molar-refractivity contribution is 7.86. The van der Waals surface area contributed by atoms with E-state index in [1.807, 2.05) is 0 Å². The minimum absolute atomic E-state index is 0.0245. The Morgan fingerprint density at radius 1 is 0.438 bits per heavy atom. The molecule has 4 N–H and O–H groups in total. The summed E-state index contributed by atoms with van der Waals surface area (Å²) in [6.07, 6.45) is 2.39. The molecule has 20 nitrogen and oxygen atoms in total. The fourth-order valence-electron chi connectivity index (χ4n) is 6.91.